The largest absolute Gasteiger partial charge is 0.496 e. The van der Waals surface area contributed by atoms with Crippen LogP contribution in [0.2, 0.25) is 0 Å². The van der Waals surface area contributed by atoms with E-state index in [-0.39, 0.29) is 5.97 Å². The molecule has 0 aliphatic carbocycles. The first kappa shape index (κ1) is 18.0. The number of carbonyl (C=O) groups is 1. The molecule has 0 aliphatic rings. The van der Waals surface area contributed by atoms with Gasteiger partial charge in [0.05, 0.1) is 19.4 Å². The van der Waals surface area contributed by atoms with Crippen LogP contribution >= 0.6 is 0 Å². The van der Waals surface area contributed by atoms with Crippen molar-refractivity contribution in [2.45, 2.75) is 45.6 Å². The average Bonchev–Trinajstić information content (AvgIpc) is 3.07. The summed E-state index contributed by atoms with van der Waals surface area (Å²) in [6, 6.07) is 9.91. The van der Waals surface area contributed by atoms with Crippen LogP contribution in [0.25, 0.3) is 11.3 Å². The second-order valence-electron chi connectivity index (χ2n) is 5.63. The third kappa shape index (κ3) is 5.41. The zero-order chi connectivity index (χ0) is 17.2. The van der Waals surface area contributed by atoms with Gasteiger partial charge >= 0.3 is 5.97 Å². The molecule has 130 valence electrons. The first-order valence-electron chi connectivity index (χ1n) is 8.57. The van der Waals surface area contributed by atoms with Crippen molar-refractivity contribution in [3.63, 3.8) is 0 Å². The maximum absolute atomic E-state index is 11.2. The second kappa shape index (κ2) is 9.75. The van der Waals surface area contributed by atoms with Crippen LogP contribution in [-0.2, 0) is 16.1 Å². The molecular weight excluding hydrogens is 304 g/mol. The Labute approximate surface area is 143 Å². The zero-order valence-electron chi connectivity index (χ0n) is 14.5. The Balaban J connectivity index is 1.73. The van der Waals surface area contributed by atoms with Crippen LogP contribution < -0.4 is 4.74 Å². The number of esters is 1. The summed E-state index contributed by atoms with van der Waals surface area (Å²) >= 11 is 0. The summed E-state index contributed by atoms with van der Waals surface area (Å²) in [6.07, 6.45) is 6.59. The van der Waals surface area contributed by atoms with Gasteiger partial charge in [-0.3, -0.25) is 9.48 Å². The molecule has 5 heteroatoms. The minimum Gasteiger partial charge on any atom is -0.496 e. The number of aromatic nitrogens is 2. The van der Waals surface area contributed by atoms with Gasteiger partial charge in [-0.2, -0.15) is 5.10 Å². The number of hydrogen-bond acceptors (Lipinski definition) is 4. The molecule has 0 amide bonds. The molecule has 0 saturated heterocycles. The molecule has 0 fully saturated rings. The number of methoxy groups -OCH3 is 1. The lowest BCUT2D eigenvalue weighted by molar-refractivity contribution is -0.143. The Morgan fingerprint density at radius 3 is 2.71 bits per heavy atom. The van der Waals surface area contributed by atoms with Crippen molar-refractivity contribution in [2.75, 3.05) is 13.7 Å². The maximum atomic E-state index is 11.2. The molecule has 24 heavy (non-hydrogen) atoms. The highest BCUT2D eigenvalue weighted by molar-refractivity contribution is 5.69. The molecule has 1 aromatic carbocycles. The fourth-order valence-electron chi connectivity index (χ4n) is 2.62. The number of para-hydroxylation sites is 1. The highest BCUT2D eigenvalue weighted by atomic mass is 16.5. The minimum absolute atomic E-state index is 0.0916. The van der Waals surface area contributed by atoms with E-state index in [9.17, 15) is 4.79 Å². The summed E-state index contributed by atoms with van der Waals surface area (Å²) < 4.78 is 12.3. The van der Waals surface area contributed by atoms with Gasteiger partial charge in [0.25, 0.3) is 0 Å². The maximum Gasteiger partial charge on any atom is 0.305 e. The van der Waals surface area contributed by atoms with E-state index in [2.05, 4.69) is 5.10 Å². The molecule has 0 N–H and O–H groups in total. The molecule has 0 unspecified atom stereocenters. The number of benzene rings is 1. The van der Waals surface area contributed by atoms with Gasteiger partial charge in [0.1, 0.15) is 5.75 Å². The first-order valence-corrected chi connectivity index (χ1v) is 8.57. The number of unbranched alkanes of at least 4 members (excludes halogenated alkanes) is 3. The van der Waals surface area contributed by atoms with Crippen LogP contribution in [0.4, 0.5) is 0 Å². The van der Waals surface area contributed by atoms with Crippen molar-refractivity contribution in [3.05, 3.63) is 36.5 Å². The van der Waals surface area contributed by atoms with Gasteiger partial charge in [-0.15, -0.1) is 0 Å². The number of hydrogen-bond donors (Lipinski definition) is 0. The molecule has 1 heterocycles. The van der Waals surface area contributed by atoms with E-state index in [0.717, 1.165) is 49.2 Å². The van der Waals surface area contributed by atoms with E-state index in [1.807, 2.05) is 48.1 Å². The normalized spacial score (nSPS) is 10.6. The van der Waals surface area contributed by atoms with E-state index in [0.29, 0.717) is 13.0 Å². The molecule has 0 aliphatic heterocycles. The van der Waals surface area contributed by atoms with Crippen molar-refractivity contribution >= 4 is 5.97 Å². The van der Waals surface area contributed by atoms with Crippen LogP contribution in [0.15, 0.2) is 36.5 Å². The topological polar surface area (TPSA) is 53.4 Å². The lowest BCUT2D eigenvalue weighted by Gasteiger charge is -2.05. The van der Waals surface area contributed by atoms with Gasteiger partial charge < -0.3 is 9.47 Å². The summed E-state index contributed by atoms with van der Waals surface area (Å²) in [4.78, 5) is 11.2. The van der Waals surface area contributed by atoms with E-state index in [4.69, 9.17) is 9.47 Å². The first-order chi connectivity index (χ1) is 11.7. The van der Waals surface area contributed by atoms with Crippen molar-refractivity contribution in [1.29, 1.82) is 0 Å². The van der Waals surface area contributed by atoms with Crippen LogP contribution in [0.3, 0.4) is 0 Å². The van der Waals surface area contributed by atoms with Gasteiger partial charge in [-0.25, -0.2) is 0 Å². The SMILES string of the molecule is CCOC(=O)CCCCCCn1ccc(-c2ccccc2OC)n1. The second-order valence-corrected chi connectivity index (χ2v) is 5.63. The Morgan fingerprint density at radius 2 is 1.92 bits per heavy atom. The summed E-state index contributed by atoms with van der Waals surface area (Å²) in [5.74, 6) is 0.743. The van der Waals surface area contributed by atoms with Crippen LogP contribution in [0, 0.1) is 0 Å². The number of carbonyl (C=O) groups excluding carboxylic acids is 1. The van der Waals surface area contributed by atoms with Gasteiger partial charge in [0.15, 0.2) is 0 Å². The average molecular weight is 330 g/mol. The minimum atomic E-state index is -0.0916. The monoisotopic (exact) mass is 330 g/mol. The fraction of sp³-hybridized carbons (Fsp3) is 0.474. The molecule has 2 aromatic rings. The summed E-state index contributed by atoms with van der Waals surface area (Å²) in [7, 11) is 1.67. The van der Waals surface area contributed by atoms with E-state index in [1.165, 1.54) is 0 Å². The predicted molar refractivity (Wildman–Crippen MR) is 93.9 cm³/mol. The Bertz CT molecular complexity index is 637. The number of nitrogens with zero attached hydrogens (tertiary/aromatic N) is 2. The molecule has 1 aromatic heterocycles. The lowest BCUT2D eigenvalue weighted by Crippen LogP contribution is -2.03. The number of rotatable bonds is 10. The smallest absolute Gasteiger partial charge is 0.305 e. The van der Waals surface area contributed by atoms with E-state index >= 15 is 0 Å². The van der Waals surface area contributed by atoms with Crippen molar-refractivity contribution < 1.29 is 14.3 Å². The standard InChI is InChI=1S/C19H26N2O3/c1-3-24-19(22)12-6-4-5-9-14-21-15-13-17(20-21)16-10-7-8-11-18(16)23-2/h7-8,10-11,13,15H,3-6,9,12,14H2,1-2H3. The molecule has 2 rings (SSSR count). The zero-order valence-corrected chi connectivity index (χ0v) is 14.5. The molecule has 5 nitrogen and oxygen atoms in total. The molecule has 0 atom stereocenters. The van der Waals surface area contributed by atoms with Crippen LogP contribution in [0.5, 0.6) is 5.75 Å². The van der Waals surface area contributed by atoms with E-state index in [1.54, 1.807) is 7.11 Å². The van der Waals surface area contributed by atoms with Crippen molar-refractivity contribution in [3.8, 4) is 17.0 Å². The molecule has 0 saturated carbocycles. The summed E-state index contributed by atoms with van der Waals surface area (Å²) in [5.41, 5.74) is 1.93. The third-order valence-corrected chi connectivity index (χ3v) is 3.85. The quantitative estimate of drug-likeness (QED) is 0.487. The molecular formula is C19H26N2O3. The van der Waals surface area contributed by atoms with Crippen LogP contribution in [-0.4, -0.2) is 29.5 Å². The predicted octanol–water partition coefficient (Wildman–Crippen LogP) is 4.07. The van der Waals surface area contributed by atoms with Crippen molar-refractivity contribution in [2.24, 2.45) is 0 Å². The number of ether oxygens (including phenoxy) is 2. The van der Waals surface area contributed by atoms with E-state index < -0.39 is 0 Å². The summed E-state index contributed by atoms with van der Waals surface area (Å²) in [6.45, 7) is 3.18. The van der Waals surface area contributed by atoms with Crippen molar-refractivity contribution in [1.82, 2.24) is 9.78 Å². The number of aryl methyl sites for hydroxylation is 1. The van der Waals surface area contributed by atoms with Gasteiger partial charge in [0, 0.05) is 24.7 Å². The van der Waals surface area contributed by atoms with Gasteiger partial charge in [-0.1, -0.05) is 25.0 Å². The Hall–Kier alpha value is -2.30. The fourth-order valence-corrected chi connectivity index (χ4v) is 2.62. The third-order valence-electron chi connectivity index (χ3n) is 3.85. The molecule has 0 spiro atoms. The highest BCUT2D eigenvalue weighted by Crippen LogP contribution is 2.27. The molecule has 0 bridgehead atoms. The summed E-state index contributed by atoms with van der Waals surface area (Å²) in [5, 5.41) is 4.62. The lowest BCUT2D eigenvalue weighted by atomic mass is 10.1. The van der Waals surface area contributed by atoms with Gasteiger partial charge in [0.2, 0.25) is 0 Å². The van der Waals surface area contributed by atoms with Crippen LogP contribution in [0.1, 0.15) is 39.0 Å². The Kier molecular flexibility index (Phi) is 7.33. The van der Waals surface area contributed by atoms with Gasteiger partial charge in [-0.05, 0) is 38.0 Å². The highest BCUT2D eigenvalue weighted by Gasteiger charge is 2.08. The Morgan fingerprint density at radius 1 is 1.12 bits per heavy atom. The molecule has 0 radical (unpaired) electrons.